The van der Waals surface area contributed by atoms with Crippen LogP contribution in [-0.4, -0.2) is 36.5 Å². The molecule has 0 N–H and O–H groups in total. The van der Waals surface area contributed by atoms with Crippen LogP contribution >= 0.6 is 0 Å². The number of hydrogen-bond donors (Lipinski definition) is 0. The molecular weight excluding hydrogens is 266 g/mol. The van der Waals surface area contributed by atoms with Crippen molar-refractivity contribution >= 4 is 11.9 Å². The monoisotopic (exact) mass is 289 g/mol. The van der Waals surface area contributed by atoms with Crippen molar-refractivity contribution in [2.45, 2.75) is 39.7 Å². The third-order valence-corrected chi connectivity index (χ3v) is 4.08. The fourth-order valence-electron chi connectivity index (χ4n) is 2.40. The predicted molar refractivity (Wildman–Crippen MR) is 81.2 cm³/mol. The van der Waals surface area contributed by atoms with Crippen molar-refractivity contribution in [3.8, 4) is 0 Å². The minimum atomic E-state index is -0.300. The lowest BCUT2D eigenvalue weighted by molar-refractivity contribution is -0.145. The summed E-state index contributed by atoms with van der Waals surface area (Å²) < 4.78 is 4.76. The Morgan fingerprint density at radius 2 is 1.95 bits per heavy atom. The van der Waals surface area contributed by atoms with Crippen LogP contribution in [0.25, 0.3) is 0 Å². The van der Waals surface area contributed by atoms with Gasteiger partial charge in [-0.2, -0.15) is 0 Å². The maximum Gasteiger partial charge on any atom is 0.310 e. The molecule has 1 fully saturated rings. The summed E-state index contributed by atoms with van der Waals surface area (Å²) in [6.07, 6.45) is 2.04. The number of hydrogen-bond acceptors (Lipinski definition) is 3. The number of rotatable bonds is 5. The lowest BCUT2D eigenvalue weighted by Gasteiger charge is -2.25. The van der Waals surface area contributed by atoms with Crippen molar-refractivity contribution in [3.63, 3.8) is 0 Å². The van der Waals surface area contributed by atoms with Crippen molar-refractivity contribution in [3.05, 3.63) is 34.9 Å². The van der Waals surface area contributed by atoms with Gasteiger partial charge in [0.05, 0.1) is 13.0 Å². The van der Waals surface area contributed by atoms with E-state index in [-0.39, 0.29) is 23.8 Å². The normalized spacial score (nSPS) is 15.4. The van der Waals surface area contributed by atoms with Crippen molar-refractivity contribution < 1.29 is 14.3 Å². The quantitative estimate of drug-likeness (QED) is 0.783. The zero-order valence-electron chi connectivity index (χ0n) is 13.2. The van der Waals surface area contributed by atoms with Crippen LogP contribution in [-0.2, 0) is 9.53 Å². The van der Waals surface area contributed by atoms with Gasteiger partial charge in [0.2, 0.25) is 0 Å². The number of benzene rings is 1. The van der Waals surface area contributed by atoms with E-state index in [1.807, 2.05) is 36.9 Å². The van der Waals surface area contributed by atoms with Crippen LogP contribution in [0, 0.1) is 19.8 Å². The molecule has 0 spiro atoms. The average molecular weight is 289 g/mol. The summed E-state index contributed by atoms with van der Waals surface area (Å²) in [7, 11) is 1.38. The van der Waals surface area contributed by atoms with Gasteiger partial charge >= 0.3 is 5.97 Å². The largest absolute Gasteiger partial charge is 0.469 e. The molecule has 1 aromatic rings. The SMILES string of the molecule is COC(=O)C(C)CN(C(=O)c1ccc(C)c(C)c1)C1CC1. The van der Waals surface area contributed by atoms with Crippen LogP contribution < -0.4 is 0 Å². The van der Waals surface area contributed by atoms with Gasteiger partial charge in [0.25, 0.3) is 5.91 Å². The highest BCUT2D eigenvalue weighted by Crippen LogP contribution is 2.29. The molecule has 0 saturated heterocycles. The van der Waals surface area contributed by atoms with E-state index in [0.717, 1.165) is 18.4 Å². The van der Waals surface area contributed by atoms with Crippen LogP contribution in [0.15, 0.2) is 18.2 Å². The highest BCUT2D eigenvalue weighted by Gasteiger charge is 2.35. The Hall–Kier alpha value is -1.84. The van der Waals surface area contributed by atoms with Crippen LogP contribution in [0.3, 0.4) is 0 Å². The number of aryl methyl sites for hydroxylation is 2. The molecule has 1 saturated carbocycles. The first-order valence-corrected chi connectivity index (χ1v) is 7.40. The summed E-state index contributed by atoms with van der Waals surface area (Å²) in [5.41, 5.74) is 2.98. The molecule has 1 atom stereocenters. The number of esters is 1. The number of methoxy groups -OCH3 is 1. The molecular formula is C17H23NO3. The molecule has 0 aromatic heterocycles. The second kappa shape index (κ2) is 6.29. The summed E-state index contributed by atoms with van der Waals surface area (Å²) in [6, 6.07) is 6.03. The highest BCUT2D eigenvalue weighted by atomic mass is 16.5. The van der Waals surface area contributed by atoms with Crippen LogP contribution in [0.2, 0.25) is 0 Å². The summed E-state index contributed by atoms with van der Waals surface area (Å²) in [5, 5.41) is 0. The molecule has 0 radical (unpaired) electrons. The first kappa shape index (κ1) is 15.5. The summed E-state index contributed by atoms with van der Waals surface area (Å²) in [4.78, 5) is 26.1. The third kappa shape index (κ3) is 3.63. The average Bonchev–Trinajstić information content (AvgIpc) is 3.30. The molecule has 1 aromatic carbocycles. The molecule has 1 amide bonds. The van der Waals surface area contributed by atoms with Gasteiger partial charge in [0.1, 0.15) is 0 Å². The fraction of sp³-hybridized carbons (Fsp3) is 0.529. The zero-order chi connectivity index (χ0) is 15.6. The van der Waals surface area contributed by atoms with Gasteiger partial charge in [-0.05, 0) is 49.9 Å². The standard InChI is InChI=1S/C17H23NO3/c1-11-5-6-14(9-12(11)2)16(19)18(15-7-8-15)10-13(3)17(20)21-4/h5-6,9,13,15H,7-8,10H2,1-4H3. The first-order valence-electron chi connectivity index (χ1n) is 7.40. The lowest BCUT2D eigenvalue weighted by atomic mass is 10.0. The van der Waals surface area contributed by atoms with Crippen LogP contribution in [0.4, 0.5) is 0 Å². The van der Waals surface area contributed by atoms with Gasteiger partial charge < -0.3 is 9.64 Å². The van der Waals surface area contributed by atoms with E-state index in [9.17, 15) is 9.59 Å². The van der Waals surface area contributed by atoms with Crippen molar-refractivity contribution in [2.24, 2.45) is 5.92 Å². The first-order chi connectivity index (χ1) is 9.93. The molecule has 4 nitrogen and oxygen atoms in total. The van der Waals surface area contributed by atoms with E-state index in [1.54, 1.807) is 6.92 Å². The fourth-order valence-corrected chi connectivity index (χ4v) is 2.40. The molecule has 0 aliphatic heterocycles. The molecule has 0 heterocycles. The summed E-state index contributed by atoms with van der Waals surface area (Å²) in [5.74, 6) is -0.559. The third-order valence-electron chi connectivity index (χ3n) is 4.08. The summed E-state index contributed by atoms with van der Waals surface area (Å²) in [6.45, 7) is 6.25. The van der Waals surface area contributed by atoms with Crippen LogP contribution in [0.5, 0.6) is 0 Å². The van der Waals surface area contributed by atoms with Gasteiger partial charge in [-0.3, -0.25) is 9.59 Å². The Labute approximate surface area is 126 Å². The number of ether oxygens (including phenoxy) is 1. The number of carbonyl (C=O) groups is 2. The van der Waals surface area contributed by atoms with E-state index < -0.39 is 0 Å². The molecule has 1 aliphatic rings. The maximum atomic E-state index is 12.7. The van der Waals surface area contributed by atoms with Crippen molar-refractivity contribution in [1.82, 2.24) is 4.90 Å². The Bertz CT molecular complexity index is 549. The summed E-state index contributed by atoms with van der Waals surface area (Å²) >= 11 is 0. The minimum absolute atomic E-state index is 0.0105. The second-order valence-electron chi connectivity index (χ2n) is 5.91. The zero-order valence-corrected chi connectivity index (χ0v) is 13.2. The number of carbonyl (C=O) groups excluding carboxylic acids is 2. The molecule has 2 rings (SSSR count). The molecule has 21 heavy (non-hydrogen) atoms. The van der Waals surface area contributed by atoms with E-state index >= 15 is 0 Å². The highest BCUT2D eigenvalue weighted by molar-refractivity contribution is 5.95. The lowest BCUT2D eigenvalue weighted by Crippen LogP contribution is -2.38. The van der Waals surface area contributed by atoms with Gasteiger partial charge in [0, 0.05) is 18.2 Å². The Kier molecular flexibility index (Phi) is 4.66. The number of nitrogens with zero attached hydrogens (tertiary/aromatic N) is 1. The Morgan fingerprint density at radius 3 is 2.48 bits per heavy atom. The van der Waals surface area contributed by atoms with Gasteiger partial charge in [-0.15, -0.1) is 0 Å². The Morgan fingerprint density at radius 1 is 1.29 bits per heavy atom. The van der Waals surface area contributed by atoms with E-state index in [0.29, 0.717) is 12.1 Å². The topological polar surface area (TPSA) is 46.6 Å². The predicted octanol–water partition coefficient (Wildman–Crippen LogP) is 2.72. The van der Waals surface area contributed by atoms with Crippen molar-refractivity contribution in [2.75, 3.05) is 13.7 Å². The van der Waals surface area contributed by atoms with Gasteiger partial charge in [-0.1, -0.05) is 13.0 Å². The maximum absolute atomic E-state index is 12.7. The Balaban J connectivity index is 2.15. The van der Waals surface area contributed by atoms with E-state index in [1.165, 1.54) is 12.7 Å². The van der Waals surface area contributed by atoms with E-state index in [2.05, 4.69) is 0 Å². The van der Waals surface area contributed by atoms with Gasteiger partial charge in [-0.25, -0.2) is 0 Å². The number of amides is 1. The molecule has 1 aliphatic carbocycles. The smallest absolute Gasteiger partial charge is 0.310 e. The van der Waals surface area contributed by atoms with Crippen LogP contribution in [0.1, 0.15) is 41.3 Å². The molecule has 1 unspecified atom stereocenters. The van der Waals surface area contributed by atoms with Crippen molar-refractivity contribution in [1.29, 1.82) is 0 Å². The second-order valence-corrected chi connectivity index (χ2v) is 5.91. The van der Waals surface area contributed by atoms with E-state index in [4.69, 9.17) is 4.74 Å². The molecule has 0 bridgehead atoms. The van der Waals surface area contributed by atoms with Gasteiger partial charge in [0.15, 0.2) is 0 Å². The minimum Gasteiger partial charge on any atom is -0.469 e. The molecule has 4 heteroatoms. The molecule has 114 valence electrons.